The number of carbonyl (C=O) groups is 3. The largest absolute Gasteiger partial charge is 0.559 e. The topological polar surface area (TPSA) is 166 Å². The van der Waals surface area contributed by atoms with Crippen molar-refractivity contribution in [2.75, 3.05) is 26.2 Å². The number of hydrogen-bond donors (Lipinski definition) is 2. The zero-order chi connectivity index (χ0) is 26.7. The van der Waals surface area contributed by atoms with Crippen LogP contribution in [0.5, 0.6) is 0 Å². The molecular weight excluding hydrogens is 496 g/mol. The standard InChI is InChI=1S/C23H24N10O5/c1-13(24)15-5-26-30(7-15)17-3-19-11-28(9-17)21(34)32(19)37-23(36)38-33-20-4-18(10-29(12-20)22(33)35)31-8-16(6-27-31)14(2)25/h3-8,19-20,24-25H,9-12H2,1-2H3. The molecule has 0 saturated carbocycles. The van der Waals surface area contributed by atoms with E-state index in [0.29, 0.717) is 47.0 Å². The molecule has 4 aliphatic heterocycles. The van der Waals surface area contributed by atoms with Gasteiger partial charge in [-0.25, -0.2) is 19.0 Å². The molecule has 4 bridgehead atoms. The minimum absolute atomic E-state index is 0.254. The van der Waals surface area contributed by atoms with Gasteiger partial charge in [0.1, 0.15) is 12.1 Å². The van der Waals surface area contributed by atoms with Crippen molar-refractivity contribution in [3.05, 3.63) is 48.1 Å². The molecule has 2 saturated heterocycles. The Hall–Kier alpha value is -4.95. The van der Waals surface area contributed by atoms with Gasteiger partial charge in [-0.2, -0.15) is 15.0 Å². The second-order valence-electron chi connectivity index (χ2n) is 9.46. The predicted molar refractivity (Wildman–Crippen MR) is 131 cm³/mol. The summed E-state index contributed by atoms with van der Waals surface area (Å²) in [7, 11) is 0. The van der Waals surface area contributed by atoms with E-state index in [1.54, 1.807) is 60.2 Å². The molecule has 2 N–H and O–H groups in total. The zero-order valence-corrected chi connectivity index (χ0v) is 20.6. The van der Waals surface area contributed by atoms with Gasteiger partial charge in [0.05, 0.1) is 50.0 Å². The second-order valence-corrected chi connectivity index (χ2v) is 9.46. The molecule has 6 heterocycles. The number of hydroxylamine groups is 4. The quantitative estimate of drug-likeness (QED) is 0.544. The lowest BCUT2D eigenvalue weighted by Crippen LogP contribution is -2.40. The van der Waals surface area contributed by atoms with Gasteiger partial charge in [0.15, 0.2) is 0 Å². The Morgan fingerprint density at radius 3 is 1.61 bits per heavy atom. The lowest BCUT2D eigenvalue weighted by atomic mass is 10.2. The molecule has 196 valence electrons. The fourth-order valence-electron chi connectivity index (χ4n) is 4.80. The van der Waals surface area contributed by atoms with Gasteiger partial charge in [-0.05, 0) is 26.0 Å². The van der Waals surface area contributed by atoms with Gasteiger partial charge in [0.25, 0.3) is 0 Å². The Balaban J connectivity index is 1.14. The van der Waals surface area contributed by atoms with Gasteiger partial charge in [0, 0.05) is 34.9 Å². The van der Waals surface area contributed by atoms with Crippen LogP contribution in [-0.4, -0.2) is 107 Å². The van der Waals surface area contributed by atoms with Gasteiger partial charge >= 0.3 is 18.2 Å². The highest BCUT2D eigenvalue weighted by atomic mass is 16.9. The predicted octanol–water partition coefficient (Wildman–Crippen LogP) is 1.46. The van der Waals surface area contributed by atoms with Crippen LogP contribution >= 0.6 is 0 Å². The van der Waals surface area contributed by atoms with Crippen LogP contribution in [-0.2, 0) is 9.68 Å². The first-order chi connectivity index (χ1) is 18.2. The minimum Gasteiger partial charge on any atom is -0.314 e. The van der Waals surface area contributed by atoms with Crippen LogP contribution < -0.4 is 0 Å². The highest BCUT2D eigenvalue weighted by Crippen LogP contribution is 2.29. The van der Waals surface area contributed by atoms with Crippen LogP contribution in [0, 0.1) is 10.8 Å². The van der Waals surface area contributed by atoms with Gasteiger partial charge in [-0.1, -0.05) is 0 Å². The SMILES string of the molecule is CC(=N)c1cnn(C2=CC3CN(C2)C(=O)N3OC(=O)ON2C(=O)N3CC(n4cc(C(C)=N)cn4)=CC2C3)c1. The highest BCUT2D eigenvalue weighted by molar-refractivity contribution is 5.96. The zero-order valence-electron chi connectivity index (χ0n) is 20.6. The monoisotopic (exact) mass is 520 g/mol. The molecule has 2 atom stereocenters. The van der Waals surface area contributed by atoms with E-state index in [1.807, 2.05) is 0 Å². The summed E-state index contributed by atoms with van der Waals surface area (Å²) < 4.78 is 3.18. The average Bonchev–Trinajstić information content (AvgIpc) is 3.66. The number of fused-ring (bicyclic) bond motifs is 4. The first-order valence-corrected chi connectivity index (χ1v) is 11.9. The summed E-state index contributed by atoms with van der Waals surface area (Å²) in [5.74, 6) is 0. The number of aromatic nitrogens is 4. The van der Waals surface area contributed by atoms with E-state index in [2.05, 4.69) is 10.2 Å². The fraction of sp³-hybridized carbons (Fsp3) is 0.348. The molecule has 4 aliphatic rings. The van der Waals surface area contributed by atoms with Gasteiger partial charge in [0.2, 0.25) is 0 Å². The van der Waals surface area contributed by atoms with Crippen molar-refractivity contribution in [1.29, 1.82) is 10.8 Å². The Morgan fingerprint density at radius 1 is 0.816 bits per heavy atom. The molecule has 4 amide bonds. The summed E-state index contributed by atoms with van der Waals surface area (Å²) in [6.07, 6.45) is 8.88. The smallest absolute Gasteiger partial charge is 0.314 e. The maximum absolute atomic E-state index is 12.8. The number of amides is 4. The Bertz CT molecular complexity index is 1350. The molecule has 0 radical (unpaired) electrons. The van der Waals surface area contributed by atoms with Crippen LogP contribution in [0.3, 0.4) is 0 Å². The summed E-state index contributed by atoms with van der Waals surface area (Å²) in [4.78, 5) is 51.9. The Labute approximate surface area is 216 Å². The van der Waals surface area contributed by atoms with Crippen molar-refractivity contribution in [3.8, 4) is 0 Å². The lowest BCUT2D eigenvalue weighted by molar-refractivity contribution is -0.152. The minimum atomic E-state index is -1.21. The van der Waals surface area contributed by atoms with Crippen molar-refractivity contribution in [1.82, 2.24) is 39.5 Å². The normalized spacial score (nSPS) is 22.1. The van der Waals surface area contributed by atoms with Crippen molar-refractivity contribution < 1.29 is 24.1 Å². The summed E-state index contributed by atoms with van der Waals surface area (Å²) in [6, 6.07) is -2.16. The summed E-state index contributed by atoms with van der Waals surface area (Å²) in [6.45, 7) is 4.47. The molecule has 2 aromatic rings. The first kappa shape index (κ1) is 23.4. The lowest BCUT2D eigenvalue weighted by Gasteiger charge is -2.22. The van der Waals surface area contributed by atoms with Gasteiger partial charge < -0.3 is 20.6 Å². The molecular formula is C23H24N10O5. The summed E-state index contributed by atoms with van der Waals surface area (Å²) >= 11 is 0. The number of urea groups is 2. The average molecular weight is 521 g/mol. The first-order valence-electron chi connectivity index (χ1n) is 11.9. The van der Waals surface area contributed by atoms with E-state index in [1.165, 1.54) is 9.80 Å². The molecule has 15 heteroatoms. The molecule has 0 aliphatic carbocycles. The van der Waals surface area contributed by atoms with Crippen molar-refractivity contribution in [2.45, 2.75) is 25.9 Å². The van der Waals surface area contributed by atoms with Crippen LogP contribution in [0.4, 0.5) is 14.4 Å². The maximum Gasteiger partial charge on any atom is 0.559 e. The number of rotatable bonds is 6. The van der Waals surface area contributed by atoms with Gasteiger partial charge in [-0.3, -0.25) is 9.68 Å². The van der Waals surface area contributed by atoms with Crippen LogP contribution in [0.25, 0.3) is 11.4 Å². The van der Waals surface area contributed by atoms with E-state index < -0.39 is 30.3 Å². The third kappa shape index (κ3) is 3.88. The third-order valence-corrected chi connectivity index (χ3v) is 6.78. The Kier molecular flexibility index (Phi) is 5.29. The summed E-state index contributed by atoms with van der Waals surface area (Å²) in [5.41, 5.74) is 3.47. The van der Waals surface area contributed by atoms with E-state index in [0.717, 1.165) is 10.1 Å². The molecule has 0 aromatic carbocycles. The van der Waals surface area contributed by atoms with E-state index in [9.17, 15) is 14.4 Å². The number of carbonyl (C=O) groups excluding carboxylic acids is 3. The van der Waals surface area contributed by atoms with Crippen LogP contribution in [0.2, 0.25) is 0 Å². The van der Waals surface area contributed by atoms with E-state index in [4.69, 9.17) is 20.5 Å². The molecule has 2 aromatic heterocycles. The van der Waals surface area contributed by atoms with Crippen molar-refractivity contribution >= 4 is 41.0 Å². The molecule has 0 spiro atoms. The van der Waals surface area contributed by atoms with Crippen LogP contribution in [0.1, 0.15) is 25.0 Å². The van der Waals surface area contributed by atoms with Gasteiger partial charge in [-0.15, -0.1) is 10.1 Å². The highest BCUT2D eigenvalue weighted by Gasteiger charge is 2.46. The number of nitrogens with zero attached hydrogens (tertiary/aromatic N) is 8. The number of nitrogens with one attached hydrogen (secondary N) is 2. The fourth-order valence-corrected chi connectivity index (χ4v) is 4.80. The molecule has 2 unspecified atom stereocenters. The molecule has 6 rings (SSSR count). The van der Waals surface area contributed by atoms with Crippen LogP contribution in [0.15, 0.2) is 36.9 Å². The molecule has 2 fully saturated rings. The van der Waals surface area contributed by atoms with E-state index in [-0.39, 0.29) is 13.1 Å². The summed E-state index contributed by atoms with van der Waals surface area (Å²) in [5, 5.41) is 25.9. The number of hydrogen-bond acceptors (Lipinski definition) is 9. The molecule has 38 heavy (non-hydrogen) atoms. The Morgan fingerprint density at radius 2 is 1.24 bits per heavy atom. The van der Waals surface area contributed by atoms with E-state index >= 15 is 0 Å². The molecule has 15 nitrogen and oxygen atoms in total. The van der Waals surface area contributed by atoms with Crippen molar-refractivity contribution in [3.63, 3.8) is 0 Å². The van der Waals surface area contributed by atoms with Crippen molar-refractivity contribution in [2.24, 2.45) is 0 Å². The maximum atomic E-state index is 12.8. The second kappa shape index (κ2) is 8.57. The third-order valence-electron chi connectivity index (χ3n) is 6.78.